The second-order valence-corrected chi connectivity index (χ2v) is 6.87. The number of carbonyl (C=O) groups excluding carboxylic acids is 1. The molecule has 2 aromatic carbocycles. The van der Waals surface area contributed by atoms with Gasteiger partial charge in [0.2, 0.25) is 5.91 Å². The second-order valence-electron chi connectivity index (χ2n) is 5.45. The summed E-state index contributed by atoms with van der Waals surface area (Å²) in [6, 6.07) is 15.7. The quantitative estimate of drug-likeness (QED) is 0.773. The molecule has 0 saturated carbocycles. The summed E-state index contributed by atoms with van der Waals surface area (Å²) >= 11 is 7.53. The minimum Gasteiger partial charge on any atom is -0.325 e. The minimum atomic E-state index is 0.0212. The fourth-order valence-corrected chi connectivity index (χ4v) is 3.05. The van der Waals surface area contributed by atoms with E-state index >= 15 is 0 Å². The van der Waals surface area contributed by atoms with Crippen LogP contribution in [0.15, 0.2) is 48.5 Å². The molecular weight excluding hydrogens is 314 g/mol. The van der Waals surface area contributed by atoms with E-state index in [1.807, 2.05) is 42.5 Å². The lowest BCUT2D eigenvalue weighted by molar-refractivity contribution is -0.113. The number of halogens is 1. The molecule has 0 spiro atoms. The van der Waals surface area contributed by atoms with Gasteiger partial charge in [-0.3, -0.25) is 4.79 Å². The third kappa shape index (κ3) is 5.39. The van der Waals surface area contributed by atoms with E-state index in [9.17, 15) is 4.79 Å². The molecule has 0 radical (unpaired) electrons. The molecule has 1 N–H and O–H groups in total. The highest BCUT2D eigenvalue weighted by Crippen LogP contribution is 2.20. The van der Waals surface area contributed by atoms with E-state index < -0.39 is 0 Å². The fourth-order valence-electron chi connectivity index (χ4n) is 2.06. The Morgan fingerprint density at radius 3 is 2.68 bits per heavy atom. The molecule has 0 heterocycles. The SMILES string of the molecule is CC(C)c1cccc(NC(=O)CSCc2cccc(Cl)c2)c1. The average Bonchev–Trinajstić information content (AvgIpc) is 2.47. The van der Waals surface area contributed by atoms with E-state index in [1.54, 1.807) is 11.8 Å². The average molecular weight is 334 g/mol. The fraction of sp³-hybridized carbons (Fsp3) is 0.278. The summed E-state index contributed by atoms with van der Waals surface area (Å²) in [7, 11) is 0. The van der Waals surface area contributed by atoms with Crippen molar-refractivity contribution in [1.29, 1.82) is 0 Å². The van der Waals surface area contributed by atoms with Gasteiger partial charge in [0, 0.05) is 16.5 Å². The highest BCUT2D eigenvalue weighted by molar-refractivity contribution is 7.99. The molecule has 0 saturated heterocycles. The van der Waals surface area contributed by atoms with Crippen molar-refractivity contribution in [3.63, 3.8) is 0 Å². The standard InChI is InChI=1S/C18H20ClNOS/c1-13(2)15-6-4-8-17(10-15)20-18(21)12-22-11-14-5-3-7-16(19)9-14/h3-10,13H,11-12H2,1-2H3,(H,20,21). The smallest absolute Gasteiger partial charge is 0.234 e. The molecule has 0 aliphatic heterocycles. The van der Waals surface area contributed by atoms with Gasteiger partial charge in [-0.2, -0.15) is 0 Å². The number of rotatable bonds is 6. The van der Waals surface area contributed by atoms with Gasteiger partial charge in [0.05, 0.1) is 5.75 Å². The van der Waals surface area contributed by atoms with E-state index in [4.69, 9.17) is 11.6 Å². The van der Waals surface area contributed by atoms with Gasteiger partial charge in [0.15, 0.2) is 0 Å². The van der Waals surface area contributed by atoms with Crippen molar-refractivity contribution in [2.75, 3.05) is 11.1 Å². The number of thioether (sulfide) groups is 1. The highest BCUT2D eigenvalue weighted by atomic mass is 35.5. The number of carbonyl (C=O) groups is 1. The monoisotopic (exact) mass is 333 g/mol. The summed E-state index contributed by atoms with van der Waals surface area (Å²) in [5.74, 6) is 1.68. The van der Waals surface area contributed by atoms with Crippen molar-refractivity contribution in [3.05, 3.63) is 64.7 Å². The van der Waals surface area contributed by atoms with Crippen LogP contribution < -0.4 is 5.32 Å². The molecule has 0 aliphatic carbocycles. The largest absolute Gasteiger partial charge is 0.325 e. The molecule has 0 fully saturated rings. The summed E-state index contributed by atoms with van der Waals surface area (Å²) in [5.41, 5.74) is 3.22. The van der Waals surface area contributed by atoms with Crippen LogP contribution in [0.25, 0.3) is 0 Å². The zero-order chi connectivity index (χ0) is 15.9. The van der Waals surface area contributed by atoms with Gasteiger partial charge in [0.25, 0.3) is 0 Å². The van der Waals surface area contributed by atoms with E-state index in [0.717, 1.165) is 22.0 Å². The molecule has 0 aliphatic rings. The Hall–Kier alpha value is -1.45. The molecule has 1 amide bonds. The molecule has 22 heavy (non-hydrogen) atoms. The predicted octanol–water partition coefficient (Wildman–Crippen LogP) is 5.34. The van der Waals surface area contributed by atoms with Gasteiger partial charge in [-0.05, 0) is 41.3 Å². The van der Waals surface area contributed by atoms with Crippen LogP contribution in [-0.2, 0) is 10.5 Å². The van der Waals surface area contributed by atoms with E-state index in [0.29, 0.717) is 11.7 Å². The van der Waals surface area contributed by atoms with Crippen molar-refractivity contribution in [1.82, 2.24) is 0 Å². The Balaban J connectivity index is 1.82. The van der Waals surface area contributed by atoms with Gasteiger partial charge < -0.3 is 5.32 Å². The van der Waals surface area contributed by atoms with Crippen LogP contribution in [0.3, 0.4) is 0 Å². The molecule has 0 unspecified atom stereocenters. The minimum absolute atomic E-state index is 0.0212. The molecule has 0 atom stereocenters. The third-order valence-corrected chi connectivity index (χ3v) is 4.47. The Morgan fingerprint density at radius 2 is 1.95 bits per heavy atom. The zero-order valence-electron chi connectivity index (χ0n) is 12.8. The van der Waals surface area contributed by atoms with Crippen molar-refractivity contribution < 1.29 is 4.79 Å². The summed E-state index contributed by atoms with van der Waals surface area (Å²) in [4.78, 5) is 12.0. The van der Waals surface area contributed by atoms with Gasteiger partial charge in [0.1, 0.15) is 0 Å². The lowest BCUT2D eigenvalue weighted by Crippen LogP contribution is -2.14. The van der Waals surface area contributed by atoms with Crippen LogP contribution in [0.4, 0.5) is 5.69 Å². The Kier molecular flexibility index (Phi) is 6.34. The maximum Gasteiger partial charge on any atom is 0.234 e. The van der Waals surface area contributed by atoms with Crippen molar-refractivity contribution in [2.24, 2.45) is 0 Å². The topological polar surface area (TPSA) is 29.1 Å². The third-order valence-electron chi connectivity index (χ3n) is 3.23. The zero-order valence-corrected chi connectivity index (χ0v) is 14.4. The maximum atomic E-state index is 12.0. The summed E-state index contributed by atoms with van der Waals surface area (Å²) in [5, 5.41) is 3.68. The lowest BCUT2D eigenvalue weighted by atomic mass is 10.0. The summed E-state index contributed by atoms with van der Waals surface area (Å²) in [6.45, 7) is 4.28. The van der Waals surface area contributed by atoms with E-state index in [1.165, 1.54) is 5.56 Å². The Labute approximate surface area is 141 Å². The molecule has 2 aromatic rings. The van der Waals surface area contributed by atoms with Gasteiger partial charge in [-0.1, -0.05) is 49.7 Å². The Bertz CT molecular complexity index is 642. The number of amides is 1. The molecule has 2 nitrogen and oxygen atoms in total. The summed E-state index contributed by atoms with van der Waals surface area (Å²) in [6.07, 6.45) is 0. The van der Waals surface area contributed by atoms with Crippen LogP contribution in [0, 0.1) is 0 Å². The van der Waals surface area contributed by atoms with Crippen molar-refractivity contribution >= 4 is 35.0 Å². The van der Waals surface area contributed by atoms with Gasteiger partial charge >= 0.3 is 0 Å². The number of anilines is 1. The van der Waals surface area contributed by atoms with Crippen molar-refractivity contribution in [3.8, 4) is 0 Å². The Morgan fingerprint density at radius 1 is 1.18 bits per heavy atom. The maximum absolute atomic E-state index is 12.0. The van der Waals surface area contributed by atoms with Crippen LogP contribution in [0.5, 0.6) is 0 Å². The first-order chi connectivity index (χ1) is 10.5. The number of benzene rings is 2. The van der Waals surface area contributed by atoms with Crippen molar-refractivity contribution in [2.45, 2.75) is 25.5 Å². The predicted molar refractivity (Wildman–Crippen MR) is 96.8 cm³/mol. The molecule has 4 heteroatoms. The molecule has 0 bridgehead atoms. The van der Waals surface area contributed by atoms with Crippen LogP contribution in [0.1, 0.15) is 30.9 Å². The van der Waals surface area contributed by atoms with E-state index in [-0.39, 0.29) is 5.91 Å². The second kappa shape index (κ2) is 8.25. The molecule has 0 aromatic heterocycles. The molecule has 116 valence electrons. The first kappa shape index (κ1) is 16.9. The van der Waals surface area contributed by atoms with Gasteiger partial charge in [-0.15, -0.1) is 11.8 Å². The van der Waals surface area contributed by atoms with Gasteiger partial charge in [-0.25, -0.2) is 0 Å². The molecular formula is C18H20ClNOS. The first-order valence-electron chi connectivity index (χ1n) is 7.26. The number of nitrogens with one attached hydrogen (secondary N) is 1. The highest BCUT2D eigenvalue weighted by Gasteiger charge is 2.05. The van der Waals surface area contributed by atoms with Crippen LogP contribution >= 0.6 is 23.4 Å². The molecule has 2 rings (SSSR count). The lowest BCUT2D eigenvalue weighted by Gasteiger charge is -2.09. The number of hydrogen-bond acceptors (Lipinski definition) is 2. The van der Waals surface area contributed by atoms with E-state index in [2.05, 4.69) is 25.2 Å². The number of hydrogen-bond donors (Lipinski definition) is 1. The summed E-state index contributed by atoms with van der Waals surface area (Å²) < 4.78 is 0. The first-order valence-corrected chi connectivity index (χ1v) is 8.80. The van der Waals surface area contributed by atoms with Crippen LogP contribution in [0.2, 0.25) is 5.02 Å². The normalized spacial score (nSPS) is 10.7. The van der Waals surface area contributed by atoms with Crippen LogP contribution in [-0.4, -0.2) is 11.7 Å².